The van der Waals surface area contributed by atoms with Gasteiger partial charge in [0.15, 0.2) is 0 Å². The van der Waals surface area contributed by atoms with Gasteiger partial charge in [-0.15, -0.1) is 0 Å². The second-order valence-electron chi connectivity index (χ2n) is 4.16. The van der Waals surface area contributed by atoms with E-state index >= 15 is 0 Å². The van der Waals surface area contributed by atoms with E-state index < -0.39 is 0 Å². The lowest BCUT2D eigenvalue weighted by atomic mass is 10.1. The Hall–Kier alpha value is -0.870. The van der Waals surface area contributed by atoms with Crippen LogP contribution in [0.3, 0.4) is 0 Å². The maximum absolute atomic E-state index is 9.24. The average molecular weight is 283 g/mol. The molecule has 0 unspecified atom stereocenters. The Bertz CT molecular complexity index is 402. The molecule has 0 amide bonds. The van der Waals surface area contributed by atoms with Crippen molar-refractivity contribution in [3.63, 3.8) is 0 Å². The Morgan fingerprint density at radius 2 is 2.25 bits per heavy atom. The Labute approximate surface area is 104 Å². The summed E-state index contributed by atoms with van der Waals surface area (Å²) in [5.41, 5.74) is 1.56. The van der Waals surface area contributed by atoms with Crippen LogP contribution < -0.4 is 5.32 Å². The lowest BCUT2D eigenvalue weighted by molar-refractivity contribution is 0.281. The van der Waals surface area contributed by atoms with Crippen LogP contribution in [-0.2, 0) is 6.61 Å². The molecule has 16 heavy (non-hydrogen) atoms. The molecule has 1 aromatic carbocycles. The van der Waals surface area contributed by atoms with Crippen LogP contribution in [0.1, 0.15) is 24.0 Å². The van der Waals surface area contributed by atoms with Gasteiger partial charge in [-0.05, 0) is 42.5 Å². The van der Waals surface area contributed by atoms with Crippen LogP contribution in [0.15, 0.2) is 22.7 Å². The molecule has 1 aromatic rings. The van der Waals surface area contributed by atoms with Crippen molar-refractivity contribution in [3.8, 4) is 0 Å². The molecule has 1 aliphatic carbocycles. The normalized spacial score (nSPS) is 14.9. The van der Waals surface area contributed by atoms with Gasteiger partial charge in [0.05, 0.1) is 6.61 Å². The number of aliphatic hydroxyl groups excluding tert-OH is 1. The second-order valence-corrected chi connectivity index (χ2v) is 5.07. The lowest BCUT2D eigenvalue weighted by Gasteiger charge is -2.11. The third-order valence-electron chi connectivity index (χ3n) is 2.77. The number of amidine groups is 1. The van der Waals surface area contributed by atoms with Crippen molar-refractivity contribution in [2.75, 3.05) is 6.54 Å². The molecule has 0 atom stereocenters. The van der Waals surface area contributed by atoms with E-state index in [0.717, 1.165) is 28.1 Å². The summed E-state index contributed by atoms with van der Waals surface area (Å²) in [4.78, 5) is 0. The van der Waals surface area contributed by atoms with Gasteiger partial charge in [0.2, 0.25) is 0 Å². The standard InChI is InChI=1S/C12H15BrN2O/c13-10-3-4-11(9(5-10)7-16)12(14)15-6-8-1-2-8/h3-5,8,16H,1-2,6-7H2,(H2,14,15). The van der Waals surface area contributed by atoms with E-state index in [1.807, 2.05) is 18.2 Å². The fourth-order valence-corrected chi connectivity index (χ4v) is 2.01. The Morgan fingerprint density at radius 1 is 1.50 bits per heavy atom. The zero-order valence-electron chi connectivity index (χ0n) is 8.96. The smallest absolute Gasteiger partial charge is 0.125 e. The molecule has 4 heteroatoms. The molecular formula is C12H15BrN2O. The molecule has 0 bridgehead atoms. The number of benzene rings is 1. The molecule has 86 valence electrons. The number of nitrogens with one attached hydrogen (secondary N) is 2. The van der Waals surface area contributed by atoms with Gasteiger partial charge in [0.25, 0.3) is 0 Å². The highest BCUT2D eigenvalue weighted by Crippen LogP contribution is 2.27. The molecule has 0 saturated heterocycles. The molecule has 3 nitrogen and oxygen atoms in total. The van der Waals surface area contributed by atoms with Gasteiger partial charge >= 0.3 is 0 Å². The molecule has 0 spiro atoms. The van der Waals surface area contributed by atoms with E-state index in [4.69, 9.17) is 5.41 Å². The maximum atomic E-state index is 9.24. The molecule has 0 heterocycles. The number of halogens is 1. The molecule has 1 fully saturated rings. The topological polar surface area (TPSA) is 56.1 Å². The van der Waals surface area contributed by atoms with Gasteiger partial charge in [-0.2, -0.15) is 0 Å². The van der Waals surface area contributed by atoms with Crippen LogP contribution in [0.25, 0.3) is 0 Å². The van der Waals surface area contributed by atoms with Crippen molar-refractivity contribution < 1.29 is 5.11 Å². The predicted octanol–water partition coefficient (Wildman–Crippen LogP) is 2.27. The van der Waals surface area contributed by atoms with Crippen LogP contribution in [0.4, 0.5) is 0 Å². The molecule has 0 radical (unpaired) electrons. The molecule has 2 rings (SSSR count). The first-order valence-corrected chi connectivity index (χ1v) is 6.22. The van der Waals surface area contributed by atoms with Crippen LogP contribution in [0, 0.1) is 11.3 Å². The summed E-state index contributed by atoms with van der Waals surface area (Å²) in [5, 5.41) is 20.3. The average Bonchev–Trinajstić information content (AvgIpc) is 3.09. The van der Waals surface area contributed by atoms with Gasteiger partial charge in [-0.1, -0.05) is 15.9 Å². The first-order chi connectivity index (χ1) is 7.70. The Kier molecular flexibility index (Phi) is 3.61. The van der Waals surface area contributed by atoms with Crippen molar-refractivity contribution in [3.05, 3.63) is 33.8 Å². The zero-order valence-corrected chi connectivity index (χ0v) is 10.5. The highest BCUT2D eigenvalue weighted by molar-refractivity contribution is 9.10. The summed E-state index contributed by atoms with van der Waals surface area (Å²) >= 11 is 3.36. The minimum absolute atomic E-state index is 0.0394. The molecule has 1 saturated carbocycles. The van der Waals surface area contributed by atoms with E-state index in [0.29, 0.717) is 5.84 Å². The van der Waals surface area contributed by atoms with Gasteiger partial charge in [-0.25, -0.2) is 0 Å². The van der Waals surface area contributed by atoms with Crippen molar-refractivity contribution in [1.29, 1.82) is 5.41 Å². The molecule has 1 aliphatic rings. The maximum Gasteiger partial charge on any atom is 0.125 e. The molecular weight excluding hydrogens is 268 g/mol. The number of hydrogen-bond donors (Lipinski definition) is 3. The first-order valence-electron chi connectivity index (χ1n) is 5.43. The van der Waals surface area contributed by atoms with Crippen LogP contribution in [0.2, 0.25) is 0 Å². The summed E-state index contributed by atoms with van der Waals surface area (Å²) in [7, 11) is 0. The van der Waals surface area contributed by atoms with Crippen molar-refractivity contribution in [1.82, 2.24) is 5.32 Å². The first kappa shape index (κ1) is 11.6. The third-order valence-corrected chi connectivity index (χ3v) is 3.26. The monoisotopic (exact) mass is 282 g/mol. The fraction of sp³-hybridized carbons (Fsp3) is 0.417. The Balaban J connectivity index is 2.08. The van der Waals surface area contributed by atoms with Crippen LogP contribution in [-0.4, -0.2) is 17.5 Å². The van der Waals surface area contributed by atoms with Crippen LogP contribution >= 0.6 is 15.9 Å². The number of rotatable bonds is 4. The summed E-state index contributed by atoms with van der Waals surface area (Å²) < 4.78 is 0.926. The van der Waals surface area contributed by atoms with E-state index in [1.54, 1.807) is 0 Å². The van der Waals surface area contributed by atoms with Gasteiger partial charge < -0.3 is 10.4 Å². The largest absolute Gasteiger partial charge is 0.392 e. The molecule has 0 aromatic heterocycles. The molecule has 3 N–H and O–H groups in total. The second kappa shape index (κ2) is 4.97. The van der Waals surface area contributed by atoms with Crippen molar-refractivity contribution >= 4 is 21.8 Å². The van der Waals surface area contributed by atoms with Crippen molar-refractivity contribution in [2.24, 2.45) is 5.92 Å². The summed E-state index contributed by atoms with van der Waals surface area (Å²) in [6.45, 7) is 0.835. The number of aliphatic hydroxyl groups is 1. The predicted molar refractivity (Wildman–Crippen MR) is 67.6 cm³/mol. The van der Waals surface area contributed by atoms with Crippen LogP contribution in [0.5, 0.6) is 0 Å². The van der Waals surface area contributed by atoms with E-state index in [-0.39, 0.29) is 6.61 Å². The summed E-state index contributed by atoms with van der Waals surface area (Å²) in [6, 6.07) is 5.60. The van der Waals surface area contributed by atoms with E-state index in [9.17, 15) is 5.11 Å². The zero-order chi connectivity index (χ0) is 11.5. The summed E-state index contributed by atoms with van der Waals surface area (Å²) in [6.07, 6.45) is 2.54. The fourth-order valence-electron chi connectivity index (χ4n) is 1.60. The highest BCUT2D eigenvalue weighted by atomic mass is 79.9. The van der Waals surface area contributed by atoms with E-state index in [1.165, 1.54) is 12.8 Å². The SMILES string of the molecule is N=C(NCC1CC1)c1ccc(Br)cc1CO. The minimum Gasteiger partial charge on any atom is -0.392 e. The number of hydrogen-bond acceptors (Lipinski definition) is 2. The Morgan fingerprint density at radius 3 is 2.88 bits per heavy atom. The van der Waals surface area contributed by atoms with Crippen molar-refractivity contribution in [2.45, 2.75) is 19.4 Å². The van der Waals surface area contributed by atoms with Gasteiger partial charge in [0.1, 0.15) is 5.84 Å². The van der Waals surface area contributed by atoms with Gasteiger partial charge in [-0.3, -0.25) is 5.41 Å². The van der Waals surface area contributed by atoms with E-state index in [2.05, 4.69) is 21.2 Å². The minimum atomic E-state index is -0.0394. The van der Waals surface area contributed by atoms with Gasteiger partial charge in [0, 0.05) is 16.6 Å². The third kappa shape index (κ3) is 2.83. The molecule has 0 aliphatic heterocycles. The quantitative estimate of drug-likeness (QED) is 0.586. The lowest BCUT2D eigenvalue weighted by Crippen LogP contribution is -2.26. The highest BCUT2D eigenvalue weighted by Gasteiger charge is 2.21. The summed E-state index contributed by atoms with van der Waals surface area (Å²) in [5.74, 6) is 1.15.